The molecule has 0 saturated carbocycles. The van der Waals surface area contributed by atoms with E-state index in [1.807, 2.05) is 0 Å². The molecule has 1 atom stereocenters. The van der Waals surface area contributed by atoms with Crippen molar-refractivity contribution in [3.8, 4) is 5.75 Å². The van der Waals surface area contributed by atoms with Crippen LogP contribution in [0.4, 0.5) is 23.2 Å². The molecule has 0 radical (unpaired) electrons. The number of carboxylic acid groups (broad SMARTS) is 1. The van der Waals surface area contributed by atoms with Crippen LogP contribution in [0.15, 0.2) is 59.8 Å². The number of benzene rings is 2. The third-order valence-corrected chi connectivity index (χ3v) is 8.02. The number of sulfonamides is 1. The number of nitrogens with zero attached hydrogens (tertiary/aromatic N) is 2. The normalized spacial score (nSPS) is 16.0. The minimum Gasteiger partial charge on any atom is -0.486 e. The Morgan fingerprint density at radius 1 is 1.23 bits per heavy atom. The summed E-state index contributed by atoms with van der Waals surface area (Å²) >= 11 is 6.15. The van der Waals surface area contributed by atoms with Crippen LogP contribution in [-0.4, -0.2) is 37.1 Å². The average Bonchev–Trinajstić information content (AvgIpc) is 2.86. The number of fused-ring (bicyclic) bond motifs is 1. The van der Waals surface area contributed by atoms with E-state index in [2.05, 4.69) is 4.98 Å². The molecule has 0 spiro atoms. The highest BCUT2D eigenvalue weighted by Crippen LogP contribution is 2.40. The Hall–Kier alpha value is -3.64. The molecule has 1 aliphatic heterocycles. The van der Waals surface area contributed by atoms with Crippen LogP contribution in [0.1, 0.15) is 36.5 Å². The number of rotatable bonds is 7. The predicted molar refractivity (Wildman–Crippen MR) is 136 cm³/mol. The third-order valence-electron chi connectivity index (χ3n) is 5.96. The zero-order chi connectivity index (χ0) is 28.5. The zero-order valence-electron chi connectivity index (χ0n) is 20.2. The number of carboxylic acids is 1. The van der Waals surface area contributed by atoms with Gasteiger partial charge in [0, 0.05) is 24.4 Å². The average molecular weight is 585 g/mol. The van der Waals surface area contributed by atoms with E-state index in [0.717, 1.165) is 10.5 Å². The quantitative estimate of drug-likeness (QED) is 0.260. The van der Waals surface area contributed by atoms with Gasteiger partial charge in [-0.2, -0.15) is 13.2 Å². The number of hydrogen-bond acceptors (Lipinski definition) is 5. The molecule has 0 saturated heterocycles. The lowest BCUT2D eigenvalue weighted by Crippen LogP contribution is -2.43. The van der Waals surface area contributed by atoms with E-state index in [0.29, 0.717) is 23.4 Å². The van der Waals surface area contributed by atoms with E-state index in [9.17, 15) is 30.8 Å². The van der Waals surface area contributed by atoms with Crippen LogP contribution in [0, 0.1) is 5.82 Å². The van der Waals surface area contributed by atoms with Crippen molar-refractivity contribution in [1.82, 2.24) is 4.98 Å². The van der Waals surface area contributed by atoms with E-state index < -0.39 is 44.5 Å². The van der Waals surface area contributed by atoms with E-state index >= 15 is 0 Å². The predicted octanol–water partition coefficient (Wildman–Crippen LogP) is 6.27. The molecule has 3 aromatic rings. The van der Waals surface area contributed by atoms with Crippen molar-refractivity contribution in [2.75, 3.05) is 10.8 Å². The molecular weight excluding hydrogens is 564 g/mol. The number of anilines is 1. The minimum absolute atomic E-state index is 0.0140. The van der Waals surface area contributed by atoms with Crippen LogP contribution in [0.25, 0.3) is 11.6 Å². The Bertz CT molecular complexity index is 1540. The molecule has 0 amide bonds. The Morgan fingerprint density at radius 2 is 1.97 bits per heavy atom. The molecule has 2 heterocycles. The van der Waals surface area contributed by atoms with Gasteiger partial charge in [-0.15, -0.1) is 0 Å². The topological polar surface area (TPSA) is 96.8 Å². The highest BCUT2D eigenvalue weighted by Gasteiger charge is 2.37. The van der Waals surface area contributed by atoms with Crippen molar-refractivity contribution in [3.05, 3.63) is 82.4 Å². The van der Waals surface area contributed by atoms with Crippen molar-refractivity contribution in [2.24, 2.45) is 0 Å². The molecule has 1 N–H and O–H groups in total. The van der Waals surface area contributed by atoms with Gasteiger partial charge >= 0.3 is 12.1 Å². The van der Waals surface area contributed by atoms with Gasteiger partial charge in [0.05, 0.1) is 22.8 Å². The van der Waals surface area contributed by atoms with Crippen LogP contribution in [0.5, 0.6) is 5.75 Å². The fraction of sp³-hybridized carbons (Fsp3) is 0.231. The fourth-order valence-electron chi connectivity index (χ4n) is 4.12. The maximum atomic E-state index is 14.4. The second kappa shape index (κ2) is 10.9. The number of aliphatic carboxylic acids is 1. The smallest absolute Gasteiger partial charge is 0.417 e. The summed E-state index contributed by atoms with van der Waals surface area (Å²) in [5, 5.41) is 9.23. The van der Waals surface area contributed by atoms with E-state index in [1.54, 1.807) is 19.1 Å². The highest BCUT2D eigenvalue weighted by atomic mass is 35.5. The van der Waals surface area contributed by atoms with Crippen LogP contribution in [0.2, 0.25) is 5.02 Å². The summed E-state index contributed by atoms with van der Waals surface area (Å²) in [5.41, 5.74) is -0.207. The van der Waals surface area contributed by atoms with Crippen LogP contribution >= 0.6 is 11.6 Å². The summed E-state index contributed by atoms with van der Waals surface area (Å²) in [6.45, 7) is 1.26. The first-order chi connectivity index (χ1) is 18.3. The Labute approximate surface area is 226 Å². The molecule has 1 aliphatic rings. The molecule has 2 aromatic carbocycles. The molecule has 4 rings (SSSR count). The van der Waals surface area contributed by atoms with Gasteiger partial charge < -0.3 is 9.84 Å². The lowest BCUT2D eigenvalue weighted by atomic mass is 10.0. The van der Waals surface area contributed by atoms with Crippen LogP contribution in [-0.2, 0) is 21.0 Å². The first kappa shape index (κ1) is 28.4. The number of hydrogen-bond donors (Lipinski definition) is 1. The molecule has 206 valence electrons. The SMILES string of the molecule is CC(=Cc1ccc2c(c1)N(S(=O)(=O)c1cncc(C(F)(F)F)c1)CC(CCC(=O)O)O2)c1c(F)cccc1Cl. The summed E-state index contributed by atoms with van der Waals surface area (Å²) in [4.78, 5) is 13.9. The number of halogens is 5. The Balaban J connectivity index is 1.80. The molecule has 0 bridgehead atoms. The zero-order valence-corrected chi connectivity index (χ0v) is 21.8. The summed E-state index contributed by atoms with van der Waals surface area (Å²) in [6.07, 6.45) is -3.19. The largest absolute Gasteiger partial charge is 0.486 e. The van der Waals surface area contributed by atoms with Gasteiger partial charge in [-0.1, -0.05) is 29.8 Å². The number of alkyl halides is 3. The highest BCUT2D eigenvalue weighted by molar-refractivity contribution is 7.92. The molecule has 0 fully saturated rings. The van der Waals surface area contributed by atoms with Crippen molar-refractivity contribution >= 4 is 44.9 Å². The maximum Gasteiger partial charge on any atom is 0.417 e. The van der Waals surface area contributed by atoms with E-state index in [-0.39, 0.29) is 41.4 Å². The lowest BCUT2D eigenvalue weighted by Gasteiger charge is -2.35. The molecule has 7 nitrogen and oxygen atoms in total. The Kier molecular flexibility index (Phi) is 7.89. The summed E-state index contributed by atoms with van der Waals surface area (Å²) < 4.78 is 88.2. The van der Waals surface area contributed by atoms with Crippen LogP contribution < -0.4 is 9.04 Å². The molecule has 1 aromatic heterocycles. The van der Waals surface area contributed by atoms with Gasteiger partial charge in [-0.05, 0) is 54.8 Å². The van der Waals surface area contributed by atoms with Gasteiger partial charge in [0.15, 0.2) is 0 Å². The molecule has 1 unspecified atom stereocenters. The summed E-state index contributed by atoms with van der Waals surface area (Å²) in [6, 6.07) is 9.17. The van der Waals surface area contributed by atoms with Gasteiger partial charge in [0.1, 0.15) is 22.6 Å². The molecular formula is C26H21ClF4N2O5S. The van der Waals surface area contributed by atoms with Crippen molar-refractivity contribution in [2.45, 2.75) is 36.9 Å². The molecule has 39 heavy (non-hydrogen) atoms. The number of carbonyl (C=O) groups is 1. The molecule has 13 heteroatoms. The lowest BCUT2D eigenvalue weighted by molar-refractivity contribution is -0.138. The standard InChI is InChI=1S/C26H21ClF4N2O5S/c1-15(25-20(27)3-2-4-21(25)28)9-16-5-7-23-22(10-16)33(14-18(38-23)6-8-24(34)35)39(36,37)19-11-17(12-32-13-19)26(29,30)31/h2-5,7,9-13,18H,6,8,14H2,1H3,(H,34,35). The first-order valence-corrected chi connectivity index (χ1v) is 13.3. The summed E-state index contributed by atoms with van der Waals surface area (Å²) in [7, 11) is -4.60. The monoisotopic (exact) mass is 584 g/mol. The van der Waals surface area contributed by atoms with Crippen molar-refractivity contribution in [1.29, 1.82) is 0 Å². The number of ether oxygens (including phenoxy) is 1. The number of allylic oxidation sites excluding steroid dienone is 1. The molecule has 0 aliphatic carbocycles. The third kappa shape index (κ3) is 6.17. The maximum absolute atomic E-state index is 14.4. The van der Waals surface area contributed by atoms with Gasteiger partial charge in [-0.25, -0.2) is 12.8 Å². The first-order valence-electron chi connectivity index (χ1n) is 11.5. The Morgan fingerprint density at radius 3 is 2.64 bits per heavy atom. The van der Waals surface area contributed by atoms with E-state index in [1.165, 1.54) is 30.3 Å². The summed E-state index contributed by atoms with van der Waals surface area (Å²) in [5.74, 6) is -1.59. The van der Waals surface area contributed by atoms with Crippen LogP contribution in [0.3, 0.4) is 0 Å². The van der Waals surface area contributed by atoms with E-state index in [4.69, 9.17) is 21.4 Å². The number of aromatic nitrogens is 1. The van der Waals surface area contributed by atoms with Gasteiger partial charge in [0.25, 0.3) is 10.0 Å². The van der Waals surface area contributed by atoms with Gasteiger partial charge in [0.2, 0.25) is 0 Å². The second-order valence-corrected chi connectivity index (χ2v) is 11.0. The van der Waals surface area contributed by atoms with Crippen molar-refractivity contribution < 1.29 is 40.6 Å². The van der Waals surface area contributed by atoms with Crippen molar-refractivity contribution in [3.63, 3.8) is 0 Å². The number of pyridine rings is 1. The fourth-order valence-corrected chi connectivity index (χ4v) is 5.92. The minimum atomic E-state index is -4.82. The second-order valence-electron chi connectivity index (χ2n) is 8.77. The van der Waals surface area contributed by atoms with Gasteiger partial charge in [-0.3, -0.25) is 14.1 Å².